The van der Waals surface area contributed by atoms with E-state index in [9.17, 15) is 5.11 Å². The van der Waals surface area contributed by atoms with Gasteiger partial charge in [0.25, 0.3) is 0 Å². The smallest absolute Gasteiger partial charge is 0.161 e. The first kappa shape index (κ1) is 19.8. The molecule has 0 bridgehead atoms. The van der Waals surface area contributed by atoms with E-state index < -0.39 is 6.10 Å². The molecule has 0 fully saturated rings. The third kappa shape index (κ3) is 6.36. The molecule has 6 heteroatoms. The molecule has 0 radical (unpaired) electrons. The Morgan fingerprint density at radius 1 is 1.28 bits per heavy atom. The minimum Gasteiger partial charge on any atom is -0.493 e. The van der Waals surface area contributed by atoms with Gasteiger partial charge in [0.1, 0.15) is 12.7 Å². The van der Waals surface area contributed by atoms with Gasteiger partial charge in [0.05, 0.1) is 11.4 Å². The minimum absolute atomic E-state index is 0.203. The number of thiophene rings is 1. The molecule has 1 heterocycles. The maximum absolute atomic E-state index is 10.2. The number of nitrogens with zero attached hydrogens (tertiary/aromatic N) is 1. The first-order chi connectivity index (χ1) is 12.0. The van der Waals surface area contributed by atoms with Crippen molar-refractivity contribution in [3.63, 3.8) is 0 Å². The Hall–Kier alpha value is -1.53. The maximum Gasteiger partial charge on any atom is 0.161 e. The van der Waals surface area contributed by atoms with E-state index in [-0.39, 0.29) is 6.61 Å². The molecule has 1 atom stereocenters. The molecule has 0 aliphatic rings. The molecule has 1 unspecified atom stereocenters. The van der Waals surface area contributed by atoms with Crippen LogP contribution in [0.3, 0.4) is 0 Å². The number of aliphatic hydroxyl groups excluding tert-OH is 1. The van der Waals surface area contributed by atoms with Crippen LogP contribution < -0.4 is 9.47 Å². The molecule has 25 heavy (non-hydrogen) atoms. The topological polar surface area (TPSA) is 41.9 Å². The van der Waals surface area contributed by atoms with E-state index in [0.29, 0.717) is 18.0 Å². The zero-order valence-electron chi connectivity index (χ0n) is 14.7. The first-order valence-electron chi connectivity index (χ1n) is 8.06. The number of allylic oxidation sites excluding steroid dienone is 1. The van der Waals surface area contributed by atoms with Crippen molar-refractivity contribution in [2.75, 3.05) is 27.3 Å². The molecular formula is C19H24ClNO3S. The van der Waals surface area contributed by atoms with Crippen LogP contribution in [-0.4, -0.2) is 43.4 Å². The molecular weight excluding hydrogens is 358 g/mol. The number of ether oxygens (including phenoxy) is 2. The summed E-state index contributed by atoms with van der Waals surface area (Å²) < 4.78 is 11.9. The SMILES string of the molecule is C/C=C/c1ccc(OCC(O)CN(C)Cc2ccc(Cl)s2)c(OC)c1. The fraction of sp³-hybridized carbons (Fsp3) is 0.368. The highest BCUT2D eigenvalue weighted by Gasteiger charge is 2.12. The van der Waals surface area contributed by atoms with Crippen molar-refractivity contribution < 1.29 is 14.6 Å². The lowest BCUT2D eigenvalue weighted by Crippen LogP contribution is -2.32. The second-order valence-electron chi connectivity index (χ2n) is 5.78. The number of hydrogen-bond acceptors (Lipinski definition) is 5. The van der Waals surface area contributed by atoms with Crippen LogP contribution in [0.15, 0.2) is 36.4 Å². The van der Waals surface area contributed by atoms with Crippen molar-refractivity contribution in [3.05, 3.63) is 51.2 Å². The van der Waals surface area contributed by atoms with Crippen LogP contribution in [-0.2, 0) is 6.54 Å². The Kier molecular flexibility index (Phi) is 7.78. The summed E-state index contributed by atoms with van der Waals surface area (Å²) >= 11 is 7.49. The van der Waals surface area contributed by atoms with Crippen molar-refractivity contribution in [2.24, 2.45) is 0 Å². The average Bonchev–Trinajstić information content (AvgIpc) is 2.98. The fourth-order valence-electron chi connectivity index (χ4n) is 2.47. The minimum atomic E-state index is -0.597. The molecule has 0 saturated carbocycles. The van der Waals surface area contributed by atoms with Gasteiger partial charge in [0.2, 0.25) is 0 Å². The zero-order chi connectivity index (χ0) is 18.2. The fourth-order valence-corrected chi connectivity index (χ4v) is 3.63. The van der Waals surface area contributed by atoms with Gasteiger partial charge in [-0.3, -0.25) is 4.90 Å². The average molecular weight is 382 g/mol. The summed E-state index contributed by atoms with van der Waals surface area (Å²) in [5.41, 5.74) is 1.04. The summed E-state index contributed by atoms with van der Waals surface area (Å²) in [7, 11) is 3.57. The molecule has 0 spiro atoms. The lowest BCUT2D eigenvalue weighted by molar-refractivity contribution is 0.0735. The van der Waals surface area contributed by atoms with Crippen molar-refractivity contribution >= 4 is 29.0 Å². The maximum atomic E-state index is 10.2. The number of aliphatic hydroxyl groups is 1. The van der Waals surface area contributed by atoms with Crippen molar-refractivity contribution in [3.8, 4) is 11.5 Å². The molecule has 0 aliphatic carbocycles. The Balaban J connectivity index is 1.85. The van der Waals surface area contributed by atoms with E-state index in [0.717, 1.165) is 16.4 Å². The predicted molar refractivity (Wildman–Crippen MR) is 105 cm³/mol. The number of likely N-dealkylation sites (N-methyl/N-ethyl adjacent to an activating group) is 1. The van der Waals surface area contributed by atoms with Crippen LogP contribution >= 0.6 is 22.9 Å². The summed E-state index contributed by atoms with van der Waals surface area (Å²) in [5, 5.41) is 10.2. The van der Waals surface area contributed by atoms with Gasteiger partial charge < -0.3 is 14.6 Å². The molecule has 1 aromatic heterocycles. The van der Waals surface area contributed by atoms with E-state index >= 15 is 0 Å². The summed E-state index contributed by atoms with van der Waals surface area (Å²) in [5.74, 6) is 1.28. The van der Waals surface area contributed by atoms with E-state index in [1.165, 1.54) is 4.88 Å². The largest absolute Gasteiger partial charge is 0.493 e. The second kappa shape index (κ2) is 9.82. The van der Waals surface area contributed by atoms with Crippen LogP contribution in [0, 0.1) is 0 Å². The molecule has 0 amide bonds. The van der Waals surface area contributed by atoms with Gasteiger partial charge in [0, 0.05) is 18.0 Å². The highest BCUT2D eigenvalue weighted by atomic mass is 35.5. The molecule has 0 aliphatic heterocycles. The van der Waals surface area contributed by atoms with Gasteiger partial charge in [-0.25, -0.2) is 0 Å². The Bertz CT molecular complexity index is 702. The molecule has 0 saturated heterocycles. The first-order valence-corrected chi connectivity index (χ1v) is 9.25. The number of halogens is 1. The van der Waals surface area contributed by atoms with E-state index in [2.05, 4.69) is 0 Å². The van der Waals surface area contributed by atoms with Gasteiger partial charge in [-0.2, -0.15) is 0 Å². The standard InChI is InChI=1S/C19H24ClNO3S/c1-4-5-14-6-8-17(18(10-14)23-3)24-13-15(22)11-21(2)12-16-7-9-19(20)25-16/h4-10,15,22H,11-13H2,1-3H3/b5-4+. The van der Waals surface area contributed by atoms with Gasteiger partial charge in [-0.1, -0.05) is 29.8 Å². The summed E-state index contributed by atoms with van der Waals surface area (Å²) in [6, 6.07) is 9.62. The van der Waals surface area contributed by atoms with E-state index in [4.69, 9.17) is 21.1 Å². The monoisotopic (exact) mass is 381 g/mol. The van der Waals surface area contributed by atoms with Crippen molar-refractivity contribution in [1.29, 1.82) is 0 Å². The predicted octanol–water partition coefficient (Wildman–Crippen LogP) is 4.31. The number of hydrogen-bond donors (Lipinski definition) is 1. The van der Waals surface area contributed by atoms with Crippen molar-refractivity contribution in [1.82, 2.24) is 4.90 Å². The molecule has 4 nitrogen and oxygen atoms in total. The second-order valence-corrected chi connectivity index (χ2v) is 7.58. The lowest BCUT2D eigenvalue weighted by Gasteiger charge is -2.20. The lowest BCUT2D eigenvalue weighted by atomic mass is 10.2. The normalized spacial score (nSPS) is 12.7. The van der Waals surface area contributed by atoms with Crippen molar-refractivity contribution in [2.45, 2.75) is 19.6 Å². The summed E-state index contributed by atoms with van der Waals surface area (Å²) in [4.78, 5) is 3.21. The Morgan fingerprint density at radius 3 is 2.72 bits per heavy atom. The molecule has 1 aromatic carbocycles. The highest BCUT2D eigenvalue weighted by molar-refractivity contribution is 7.16. The van der Waals surface area contributed by atoms with Crippen LogP contribution in [0.1, 0.15) is 17.4 Å². The van der Waals surface area contributed by atoms with Gasteiger partial charge in [-0.15, -0.1) is 11.3 Å². The van der Waals surface area contributed by atoms with Gasteiger partial charge in [0.15, 0.2) is 11.5 Å². The zero-order valence-corrected chi connectivity index (χ0v) is 16.3. The number of methoxy groups -OCH3 is 1. The van der Waals surface area contributed by atoms with Crippen LogP contribution in [0.5, 0.6) is 11.5 Å². The molecule has 2 rings (SSSR count). The summed E-state index contributed by atoms with van der Waals surface area (Å²) in [6.07, 6.45) is 3.36. The third-order valence-electron chi connectivity index (χ3n) is 3.56. The van der Waals surface area contributed by atoms with Crippen LogP contribution in [0.2, 0.25) is 4.34 Å². The highest BCUT2D eigenvalue weighted by Crippen LogP contribution is 2.28. The number of rotatable bonds is 9. The molecule has 2 aromatic rings. The summed E-state index contributed by atoms with van der Waals surface area (Å²) in [6.45, 7) is 3.42. The Labute approximate surface area is 158 Å². The Morgan fingerprint density at radius 2 is 2.08 bits per heavy atom. The van der Waals surface area contributed by atoms with Gasteiger partial charge in [-0.05, 0) is 43.8 Å². The quantitative estimate of drug-likeness (QED) is 0.702. The van der Waals surface area contributed by atoms with E-state index in [1.54, 1.807) is 18.4 Å². The van der Waals surface area contributed by atoms with Gasteiger partial charge >= 0.3 is 0 Å². The molecule has 1 N–H and O–H groups in total. The van der Waals surface area contributed by atoms with Crippen LogP contribution in [0.4, 0.5) is 0 Å². The van der Waals surface area contributed by atoms with Crippen LogP contribution in [0.25, 0.3) is 6.08 Å². The number of benzene rings is 1. The van der Waals surface area contributed by atoms with E-state index in [1.807, 2.05) is 61.4 Å². The molecule has 136 valence electrons. The third-order valence-corrected chi connectivity index (χ3v) is 4.77.